The highest BCUT2D eigenvalue weighted by molar-refractivity contribution is 5.76. The zero-order chi connectivity index (χ0) is 15.5. The molecule has 6 nitrogen and oxygen atoms in total. The minimum atomic E-state index is -0.629. The topological polar surface area (TPSA) is 81.9 Å². The van der Waals surface area contributed by atoms with E-state index >= 15 is 0 Å². The fourth-order valence-corrected chi connectivity index (χ4v) is 2.50. The smallest absolute Gasteiger partial charge is 0.410 e. The van der Waals surface area contributed by atoms with Gasteiger partial charge < -0.3 is 20.1 Å². The van der Waals surface area contributed by atoms with E-state index in [1.165, 1.54) is 7.11 Å². The number of esters is 1. The quantitative estimate of drug-likeness (QED) is 0.775. The van der Waals surface area contributed by atoms with E-state index < -0.39 is 17.6 Å². The molecule has 1 amide bonds. The molecule has 0 aliphatic carbocycles. The molecule has 0 spiro atoms. The van der Waals surface area contributed by atoms with Crippen LogP contribution in [0.1, 0.15) is 34.1 Å². The van der Waals surface area contributed by atoms with Crippen molar-refractivity contribution < 1.29 is 19.1 Å². The molecule has 0 aromatic carbocycles. The predicted octanol–water partition coefficient (Wildman–Crippen LogP) is 1.38. The van der Waals surface area contributed by atoms with Crippen LogP contribution in [0.5, 0.6) is 0 Å². The van der Waals surface area contributed by atoms with Gasteiger partial charge in [-0.25, -0.2) is 4.79 Å². The number of carbonyl (C=O) groups excluding carboxylic acids is 2. The normalized spacial score (nSPS) is 25.0. The minimum absolute atomic E-state index is 0.0288. The summed E-state index contributed by atoms with van der Waals surface area (Å²) in [4.78, 5) is 25.2. The summed E-state index contributed by atoms with van der Waals surface area (Å²) in [6, 6.07) is -0.629. The molecule has 116 valence electrons. The lowest BCUT2D eigenvalue weighted by Gasteiger charge is -2.39. The van der Waals surface area contributed by atoms with Crippen LogP contribution in [-0.2, 0) is 14.3 Å². The third-order valence-electron chi connectivity index (χ3n) is 3.56. The molecule has 3 atom stereocenters. The maximum absolute atomic E-state index is 12.0. The summed E-state index contributed by atoms with van der Waals surface area (Å²) in [6.45, 7) is 8.61. The number of hydrogen-bond acceptors (Lipinski definition) is 5. The second-order valence-corrected chi connectivity index (χ2v) is 6.41. The van der Waals surface area contributed by atoms with Gasteiger partial charge in [0.05, 0.1) is 7.11 Å². The van der Waals surface area contributed by atoms with Crippen LogP contribution in [0.25, 0.3) is 0 Å². The molecule has 0 radical (unpaired) electrons. The number of carbonyl (C=O) groups is 2. The van der Waals surface area contributed by atoms with Crippen LogP contribution < -0.4 is 5.73 Å². The van der Waals surface area contributed by atoms with Gasteiger partial charge in [0, 0.05) is 13.1 Å². The fourth-order valence-electron chi connectivity index (χ4n) is 2.50. The van der Waals surface area contributed by atoms with Gasteiger partial charge in [0.2, 0.25) is 0 Å². The monoisotopic (exact) mass is 286 g/mol. The third kappa shape index (κ3) is 4.37. The molecule has 1 rings (SSSR count). The van der Waals surface area contributed by atoms with Crippen molar-refractivity contribution >= 4 is 12.1 Å². The van der Waals surface area contributed by atoms with Crippen molar-refractivity contribution in [1.29, 1.82) is 0 Å². The molecule has 20 heavy (non-hydrogen) atoms. The largest absolute Gasteiger partial charge is 0.468 e. The first-order valence-electron chi connectivity index (χ1n) is 6.97. The number of hydrogen-bond donors (Lipinski definition) is 1. The lowest BCUT2D eigenvalue weighted by atomic mass is 9.82. The van der Waals surface area contributed by atoms with Gasteiger partial charge in [0.15, 0.2) is 0 Å². The Morgan fingerprint density at radius 1 is 1.35 bits per heavy atom. The lowest BCUT2D eigenvalue weighted by molar-refractivity contribution is -0.144. The molecule has 2 N–H and O–H groups in total. The molecule has 0 aromatic rings. The highest BCUT2D eigenvalue weighted by Gasteiger charge is 2.36. The second-order valence-electron chi connectivity index (χ2n) is 6.41. The summed E-state index contributed by atoms with van der Waals surface area (Å²) in [5, 5.41) is 0. The van der Waals surface area contributed by atoms with Crippen molar-refractivity contribution in [2.45, 2.75) is 45.8 Å². The van der Waals surface area contributed by atoms with Gasteiger partial charge in [-0.1, -0.05) is 6.92 Å². The fraction of sp³-hybridized carbons (Fsp3) is 0.857. The van der Waals surface area contributed by atoms with Crippen molar-refractivity contribution in [2.75, 3.05) is 20.2 Å². The number of amides is 1. The third-order valence-corrected chi connectivity index (χ3v) is 3.56. The van der Waals surface area contributed by atoms with E-state index in [1.54, 1.807) is 4.90 Å². The van der Waals surface area contributed by atoms with Crippen LogP contribution in [0.2, 0.25) is 0 Å². The summed E-state index contributed by atoms with van der Waals surface area (Å²) in [7, 11) is 1.34. The zero-order valence-electron chi connectivity index (χ0n) is 13.0. The summed E-state index contributed by atoms with van der Waals surface area (Å²) in [6.07, 6.45) is 0.367. The van der Waals surface area contributed by atoms with Crippen LogP contribution >= 0.6 is 0 Å². The number of methoxy groups -OCH3 is 1. The van der Waals surface area contributed by atoms with E-state index in [9.17, 15) is 9.59 Å². The van der Waals surface area contributed by atoms with Crippen molar-refractivity contribution in [3.63, 3.8) is 0 Å². The Kier molecular flexibility index (Phi) is 5.39. The van der Waals surface area contributed by atoms with Crippen LogP contribution in [0, 0.1) is 11.8 Å². The SMILES string of the molecule is COC(=O)[C@@H](N)C1CCN(C(=O)OC(C)(C)C)CC1C. The maximum Gasteiger partial charge on any atom is 0.410 e. The Morgan fingerprint density at radius 2 is 1.95 bits per heavy atom. The van der Waals surface area contributed by atoms with Crippen molar-refractivity contribution in [1.82, 2.24) is 4.90 Å². The first kappa shape index (κ1) is 16.8. The van der Waals surface area contributed by atoms with E-state index in [0.717, 1.165) is 0 Å². The number of rotatable bonds is 2. The van der Waals surface area contributed by atoms with Gasteiger partial charge in [-0.3, -0.25) is 4.79 Å². The Balaban J connectivity index is 2.59. The van der Waals surface area contributed by atoms with Crippen LogP contribution in [0.4, 0.5) is 4.79 Å². The number of piperidine rings is 1. The summed E-state index contributed by atoms with van der Waals surface area (Å²) < 4.78 is 10.0. The Bertz CT molecular complexity index is 365. The predicted molar refractivity (Wildman–Crippen MR) is 75.1 cm³/mol. The molecular formula is C14H26N2O4. The second kappa shape index (κ2) is 6.43. The molecule has 0 saturated carbocycles. The Morgan fingerprint density at radius 3 is 2.40 bits per heavy atom. The highest BCUT2D eigenvalue weighted by atomic mass is 16.6. The Hall–Kier alpha value is -1.30. The number of ether oxygens (including phenoxy) is 2. The maximum atomic E-state index is 12.0. The van der Waals surface area contributed by atoms with E-state index in [4.69, 9.17) is 10.5 Å². The molecule has 2 unspecified atom stereocenters. The van der Waals surface area contributed by atoms with Gasteiger partial charge in [-0.2, -0.15) is 0 Å². The minimum Gasteiger partial charge on any atom is -0.468 e. The molecule has 1 aliphatic rings. The van der Waals surface area contributed by atoms with E-state index in [-0.39, 0.29) is 17.9 Å². The molecule has 1 saturated heterocycles. The van der Waals surface area contributed by atoms with Crippen LogP contribution in [0.3, 0.4) is 0 Å². The van der Waals surface area contributed by atoms with Crippen LogP contribution in [0.15, 0.2) is 0 Å². The molecule has 1 heterocycles. The molecule has 0 aromatic heterocycles. The molecule has 1 aliphatic heterocycles. The summed E-state index contributed by atoms with van der Waals surface area (Å²) >= 11 is 0. The number of nitrogens with zero attached hydrogens (tertiary/aromatic N) is 1. The first-order chi connectivity index (χ1) is 9.15. The number of likely N-dealkylation sites (tertiary alicyclic amines) is 1. The van der Waals surface area contributed by atoms with Gasteiger partial charge in [0.25, 0.3) is 0 Å². The first-order valence-corrected chi connectivity index (χ1v) is 6.97. The van der Waals surface area contributed by atoms with Gasteiger partial charge >= 0.3 is 12.1 Å². The van der Waals surface area contributed by atoms with Gasteiger partial charge in [-0.15, -0.1) is 0 Å². The Labute approximate surface area is 120 Å². The van der Waals surface area contributed by atoms with E-state index in [0.29, 0.717) is 19.5 Å². The molecule has 0 bridgehead atoms. The highest BCUT2D eigenvalue weighted by Crippen LogP contribution is 2.27. The molecule has 6 heteroatoms. The standard InChI is InChI=1S/C14H26N2O4/c1-9-8-16(13(18)20-14(2,3)4)7-6-10(9)11(15)12(17)19-5/h9-11H,6-8,15H2,1-5H3/t9?,10?,11-/m0/s1. The van der Waals surface area contributed by atoms with Gasteiger partial charge in [0.1, 0.15) is 11.6 Å². The van der Waals surface area contributed by atoms with Crippen molar-refractivity contribution in [3.05, 3.63) is 0 Å². The molecule has 1 fully saturated rings. The summed E-state index contributed by atoms with van der Waals surface area (Å²) in [5.41, 5.74) is 5.41. The average Bonchev–Trinajstić information content (AvgIpc) is 2.34. The molecular weight excluding hydrogens is 260 g/mol. The van der Waals surface area contributed by atoms with E-state index in [1.807, 2.05) is 27.7 Å². The van der Waals surface area contributed by atoms with Crippen molar-refractivity contribution in [3.8, 4) is 0 Å². The van der Waals surface area contributed by atoms with Crippen molar-refractivity contribution in [2.24, 2.45) is 17.6 Å². The summed E-state index contributed by atoms with van der Waals surface area (Å²) in [5.74, 6) is -0.237. The lowest BCUT2D eigenvalue weighted by Crippen LogP contribution is -2.51. The van der Waals surface area contributed by atoms with E-state index in [2.05, 4.69) is 4.74 Å². The van der Waals surface area contributed by atoms with Gasteiger partial charge in [-0.05, 0) is 39.0 Å². The zero-order valence-corrected chi connectivity index (χ0v) is 13.0. The average molecular weight is 286 g/mol. The number of nitrogens with two attached hydrogens (primary N) is 1. The van der Waals surface area contributed by atoms with Crippen LogP contribution in [-0.4, -0.2) is 48.8 Å².